The van der Waals surface area contributed by atoms with Gasteiger partial charge in [0, 0.05) is 38.3 Å². The topological polar surface area (TPSA) is 88.4 Å². The van der Waals surface area contributed by atoms with Crippen molar-refractivity contribution in [2.75, 3.05) is 31.9 Å². The molecule has 0 saturated carbocycles. The molecular weight excluding hydrogens is 422 g/mol. The molecule has 2 aromatic rings. The molecule has 2 heterocycles. The third kappa shape index (κ3) is 4.70. The highest BCUT2D eigenvalue weighted by atomic mass is 32.2. The van der Waals surface area contributed by atoms with Gasteiger partial charge < -0.3 is 9.47 Å². The summed E-state index contributed by atoms with van der Waals surface area (Å²) in [5.74, 6) is 1.15. The molecule has 0 atom stereocenters. The number of hydrogen-bond acceptors (Lipinski definition) is 6. The number of sulfonamides is 1. The second kappa shape index (κ2) is 9.93. The number of thioether (sulfide) groups is 1. The fourth-order valence-corrected chi connectivity index (χ4v) is 5.93. The van der Waals surface area contributed by atoms with Crippen LogP contribution < -0.4 is 0 Å². The molecule has 1 saturated heterocycles. The molecule has 0 unspecified atom stereocenters. The number of benzene rings is 1. The zero-order chi connectivity index (χ0) is 21.7. The first-order valence-corrected chi connectivity index (χ1v) is 12.8. The number of amides is 1. The minimum Gasteiger partial charge on any atom is -0.342 e. The summed E-state index contributed by atoms with van der Waals surface area (Å²) < 4.78 is 28.7. The molecule has 8 nitrogen and oxygen atoms in total. The number of nitrogens with zero attached hydrogens (tertiary/aromatic N) is 5. The van der Waals surface area contributed by atoms with Crippen LogP contribution in [0.4, 0.5) is 0 Å². The maximum Gasteiger partial charge on any atom is 0.243 e. The van der Waals surface area contributed by atoms with Gasteiger partial charge in [-0.05, 0) is 44.0 Å². The molecular formula is C20H29N5O3S2. The van der Waals surface area contributed by atoms with E-state index in [4.69, 9.17) is 0 Å². The van der Waals surface area contributed by atoms with Gasteiger partial charge >= 0.3 is 0 Å². The first-order valence-electron chi connectivity index (χ1n) is 10.4. The van der Waals surface area contributed by atoms with Gasteiger partial charge in [-0.2, -0.15) is 4.31 Å². The van der Waals surface area contributed by atoms with E-state index >= 15 is 0 Å². The SMILES string of the molecule is CCN(CC)S(=O)(=O)c1ccc(-c2nnc(SCC(=O)N3CCCC3)n2CC)cc1. The molecule has 0 aliphatic carbocycles. The van der Waals surface area contributed by atoms with E-state index in [1.165, 1.54) is 16.1 Å². The monoisotopic (exact) mass is 451 g/mol. The summed E-state index contributed by atoms with van der Waals surface area (Å²) >= 11 is 1.39. The average molecular weight is 452 g/mol. The second-order valence-electron chi connectivity index (χ2n) is 7.04. The minimum atomic E-state index is -3.49. The number of carbonyl (C=O) groups is 1. The molecule has 1 aliphatic heterocycles. The van der Waals surface area contributed by atoms with E-state index in [1.54, 1.807) is 24.3 Å². The predicted octanol–water partition coefficient (Wildman–Crippen LogP) is 2.71. The summed E-state index contributed by atoms with van der Waals surface area (Å²) in [4.78, 5) is 14.5. The molecule has 0 radical (unpaired) electrons. The molecule has 1 amide bonds. The van der Waals surface area contributed by atoms with Gasteiger partial charge in [-0.15, -0.1) is 10.2 Å². The van der Waals surface area contributed by atoms with Crippen LogP contribution in [-0.2, 0) is 21.4 Å². The van der Waals surface area contributed by atoms with Crippen LogP contribution in [0.2, 0.25) is 0 Å². The van der Waals surface area contributed by atoms with E-state index in [0.29, 0.717) is 36.4 Å². The first-order chi connectivity index (χ1) is 14.4. The van der Waals surface area contributed by atoms with Gasteiger partial charge in [-0.25, -0.2) is 8.42 Å². The number of likely N-dealkylation sites (tertiary alicyclic amines) is 1. The molecule has 0 spiro atoms. The number of aromatic nitrogens is 3. The Morgan fingerprint density at radius 1 is 1.07 bits per heavy atom. The van der Waals surface area contributed by atoms with Crippen LogP contribution >= 0.6 is 11.8 Å². The van der Waals surface area contributed by atoms with Crippen LogP contribution in [0.25, 0.3) is 11.4 Å². The lowest BCUT2D eigenvalue weighted by Gasteiger charge is -2.18. The second-order valence-corrected chi connectivity index (χ2v) is 9.92. The van der Waals surface area contributed by atoms with Crippen molar-refractivity contribution in [1.82, 2.24) is 24.0 Å². The largest absolute Gasteiger partial charge is 0.342 e. The van der Waals surface area contributed by atoms with E-state index in [2.05, 4.69) is 10.2 Å². The number of rotatable bonds is 9. The molecule has 1 aliphatic rings. The van der Waals surface area contributed by atoms with Crippen LogP contribution in [0.15, 0.2) is 34.3 Å². The van der Waals surface area contributed by atoms with Gasteiger partial charge in [0.15, 0.2) is 11.0 Å². The lowest BCUT2D eigenvalue weighted by atomic mass is 10.2. The molecule has 1 fully saturated rings. The molecule has 30 heavy (non-hydrogen) atoms. The van der Waals surface area contributed by atoms with Crippen molar-refractivity contribution >= 4 is 27.7 Å². The highest BCUT2D eigenvalue weighted by molar-refractivity contribution is 7.99. The Labute approximate surface area is 182 Å². The summed E-state index contributed by atoms with van der Waals surface area (Å²) in [6.07, 6.45) is 2.15. The third-order valence-electron chi connectivity index (χ3n) is 5.27. The predicted molar refractivity (Wildman–Crippen MR) is 118 cm³/mol. The summed E-state index contributed by atoms with van der Waals surface area (Å²) in [5.41, 5.74) is 0.792. The van der Waals surface area contributed by atoms with Crippen molar-refractivity contribution < 1.29 is 13.2 Å². The Kier molecular flexibility index (Phi) is 7.54. The van der Waals surface area contributed by atoms with Gasteiger partial charge in [0.2, 0.25) is 15.9 Å². The third-order valence-corrected chi connectivity index (χ3v) is 8.29. The van der Waals surface area contributed by atoms with E-state index in [-0.39, 0.29) is 10.8 Å². The maximum absolute atomic E-state index is 12.7. The Balaban J connectivity index is 1.77. The normalized spacial score (nSPS) is 14.6. The zero-order valence-electron chi connectivity index (χ0n) is 17.7. The van der Waals surface area contributed by atoms with E-state index in [1.807, 2.05) is 30.2 Å². The zero-order valence-corrected chi connectivity index (χ0v) is 19.4. The number of carbonyl (C=O) groups excluding carboxylic acids is 1. The Bertz CT molecular complexity index is 963. The molecule has 1 aromatic carbocycles. The van der Waals surface area contributed by atoms with Crippen molar-refractivity contribution in [3.63, 3.8) is 0 Å². The van der Waals surface area contributed by atoms with Crippen LogP contribution in [0.3, 0.4) is 0 Å². The molecule has 164 valence electrons. The molecule has 1 aromatic heterocycles. The maximum atomic E-state index is 12.7. The minimum absolute atomic E-state index is 0.135. The highest BCUT2D eigenvalue weighted by Crippen LogP contribution is 2.26. The van der Waals surface area contributed by atoms with Crippen molar-refractivity contribution in [2.24, 2.45) is 0 Å². The Hall–Kier alpha value is -1.91. The fourth-order valence-electron chi connectivity index (χ4n) is 3.57. The van der Waals surface area contributed by atoms with Crippen LogP contribution in [0.1, 0.15) is 33.6 Å². The highest BCUT2D eigenvalue weighted by Gasteiger charge is 2.23. The van der Waals surface area contributed by atoms with E-state index in [0.717, 1.165) is 31.5 Å². The Morgan fingerprint density at radius 3 is 2.27 bits per heavy atom. The summed E-state index contributed by atoms with van der Waals surface area (Å²) in [6, 6.07) is 6.75. The molecule has 3 rings (SSSR count). The standard InChI is InChI=1S/C20H29N5O3S2/c1-4-24(5-2)30(27,28)17-11-9-16(10-12-17)19-21-22-20(25(19)6-3)29-15-18(26)23-13-7-8-14-23/h9-12H,4-8,13-15H2,1-3H3. The summed E-state index contributed by atoms with van der Waals surface area (Å²) in [7, 11) is -3.49. The van der Waals surface area contributed by atoms with Gasteiger partial charge in [0.05, 0.1) is 10.6 Å². The first kappa shape index (κ1) is 22.8. The molecule has 10 heteroatoms. The molecule has 0 N–H and O–H groups in total. The van der Waals surface area contributed by atoms with Gasteiger partial charge in [0.1, 0.15) is 0 Å². The molecule has 0 bridgehead atoms. The van der Waals surface area contributed by atoms with Gasteiger partial charge in [-0.3, -0.25) is 4.79 Å². The fraction of sp³-hybridized carbons (Fsp3) is 0.550. The lowest BCUT2D eigenvalue weighted by molar-refractivity contribution is -0.127. The van der Waals surface area contributed by atoms with Crippen molar-refractivity contribution in [2.45, 2.75) is 50.2 Å². The summed E-state index contributed by atoms with van der Waals surface area (Å²) in [5, 5.41) is 9.26. The van der Waals surface area contributed by atoms with Crippen LogP contribution in [-0.4, -0.2) is 70.2 Å². The van der Waals surface area contributed by atoms with E-state index < -0.39 is 10.0 Å². The van der Waals surface area contributed by atoms with Crippen molar-refractivity contribution in [3.8, 4) is 11.4 Å². The van der Waals surface area contributed by atoms with Crippen LogP contribution in [0.5, 0.6) is 0 Å². The van der Waals surface area contributed by atoms with Crippen molar-refractivity contribution in [1.29, 1.82) is 0 Å². The lowest BCUT2D eigenvalue weighted by Crippen LogP contribution is -2.30. The quantitative estimate of drug-likeness (QED) is 0.545. The van der Waals surface area contributed by atoms with E-state index in [9.17, 15) is 13.2 Å². The smallest absolute Gasteiger partial charge is 0.243 e. The average Bonchev–Trinajstić information content (AvgIpc) is 3.42. The number of hydrogen-bond donors (Lipinski definition) is 0. The van der Waals surface area contributed by atoms with Crippen LogP contribution in [0, 0.1) is 0 Å². The van der Waals surface area contributed by atoms with Gasteiger partial charge in [-0.1, -0.05) is 25.6 Å². The van der Waals surface area contributed by atoms with Crippen molar-refractivity contribution in [3.05, 3.63) is 24.3 Å². The summed E-state index contributed by atoms with van der Waals surface area (Å²) in [6.45, 7) is 8.85. The Morgan fingerprint density at radius 2 is 1.70 bits per heavy atom. The van der Waals surface area contributed by atoms with Gasteiger partial charge in [0.25, 0.3) is 0 Å².